The summed E-state index contributed by atoms with van der Waals surface area (Å²) in [5.74, 6) is 0. The van der Waals surface area contributed by atoms with Crippen LogP contribution in [0.25, 0.3) is 0 Å². The summed E-state index contributed by atoms with van der Waals surface area (Å²) in [6, 6.07) is 5.89. The quantitative estimate of drug-likeness (QED) is 0.364. The predicted molar refractivity (Wildman–Crippen MR) is 49.9 cm³/mol. The molecule has 0 saturated heterocycles. The molecule has 1 atom stereocenters. The maximum atomic E-state index is 10.2. The molecule has 0 radical (unpaired) electrons. The van der Waals surface area contributed by atoms with Crippen LogP contribution in [0.15, 0.2) is 36.5 Å². The highest BCUT2D eigenvalue weighted by Gasteiger charge is 2.35. The van der Waals surface area contributed by atoms with E-state index < -0.39 is 5.60 Å². The number of allylic oxidation sites excluding steroid dienone is 1. The van der Waals surface area contributed by atoms with Crippen molar-refractivity contribution in [1.82, 2.24) is 0 Å². The van der Waals surface area contributed by atoms with Crippen molar-refractivity contribution < 1.29 is 33.7 Å². The molecule has 76 valence electrons. The summed E-state index contributed by atoms with van der Waals surface area (Å²) in [5.41, 5.74) is 0.222. The topological polar surface area (TPSA) is 24.1 Å². The molecule has 3 heteroatoms. The number of aryl methyl sites for hydroxylation is 1. The summed E-state index contributed by atoms with van der Waals surface area (Å²) >= 11 is 0. The van der Waals surface area contributed by atoms with E-state index in [1.807, 2.05) is 48.2 Å². The van der Waals surface area contributed by atoms with E-state index >= 15 is 0 Å². The Morgan fingerprint density at radius 1 is 1.43 bits per heavy atom. The number of aromatic nitrogens is 1. The second kappa shape index (κ2) is 4.40. The van der Waals surface area contributed by atoms with E-state index in [0.717, 1.165) is 18.5 Å². The zero-order valence-electron chi connectivity index (χ0n) is 8.15. The van der Waals surface area contributed by atoms with Crippen molar-refractivity contribution >= 4 is 0 Å². The first-order valence-corrected chi connectivity index (χ1v) is 4.58. The number of hydrogen-bond donors (Lipinski definition) is 1. The van der Waals surface area contributed by atoms with Gasteiger partial charge in [-0.15, -0.1) is 0 Å². The Morgan fingerprint density at radius 2 is 2.21 bits per heavy atom. The van der Waals surface area contributed by atoms with Gasteiger partial charge in [-0.1, -0.05) is 6.08 Å². The third kappa shape index (κ3) is 1.98. The highest BCUT2D eigenvalue weighted by atomic mass is 127. The monoisotopic (exact) mass is 303 g/mol. The van der Waals surface area contributed by atoms with Crippen LogP contribution >= 0.6 is 0 Å². The minimum Gasteiger partial charge on any atom is -1.00 e. The minimum absolute atomic E-state index is 0. The van der Waals surface area contributed by atoms with Gasteiger partial charge in [0.05, 0.1) is 0 Å². The number of aliphatic hydroxyl groups is 1. The van der Waals surface area contributed by atoms with Crippen molar-refractivity contribution in [3.8, 4) is 0 Å². The van der Waals surface area contributed by atoms with E-state index in [1.54, 1.807) is 0 Å². The summed E-state index contributed by atoms with van der Waals surface area (Å²) in [7, 11) is 1.96. The van der Waals surface area contributed by atoms with Gasteiger partial charge in [0.2, 0.25) is 5.69 Å². The molecule has 1 aromatic rings. The fraction of sp³-hybridized carbons (Fsp3) is 0.364. The van der Waals surface area contributed by atoms with Crippen molar-refractivity contribution in [3.05, 3.63) is 42.2 Å². The predicted octanol–water partition coefficient (Wildman–Crippen LogP) is -1.95. The molecule has 0 amide bonds. The Hall–Kier alpha value is -0.420. The van der Waals surface area contributed by atoms with Gasteiger partial charge in [-0.2, -0.15) is 0 Å². The summed E-state index contributed by atoms with van der Waals surface area (Å²) in [6.45, 7) is 0. The number of nitrogens with zero attached hydrogens (tertiary/aromatic N) is 1. The van der Waals surface area contributed by atoms with Crippen LogP contribution in [0.4, 0.5) is 0 Å². The van der Waals surface area contributed by atoms with E-state index in [1.165, 1.54) is 0 Å². The lowest BCUT2D eigenvalue weighted by molar-refractivity contribution is -0.685. The van der Waals surface area contributed by atoms with Crippen molar-refractivity contribution in [3.63, 3.8) is 0 Å². The van der Waals surface area contributed by atoms with Crippen LogP contribution in [0.5, 0.6) is 0 Å². The molecule has 2 nitrogen and oxygen atoms in total. The average molecular weight is 303 g/mol. The van der Waals surface area contributed by atoms with E-state index in [4.69, 9.17) is 0 Å². The molecule has 1 N–H and O–H groups in total. The lowest BCUT2D eigenvalue weighted by Gasteiger charge is -2.16. The molecule has 1 unspecified atom stereocenters. The van der Waals surface area contributed by atoms with Crippen LogP contribution < -0.4 is 28.5 Å². The Bertz CT molecular complexity index is 351. The molecule has 0 saturated carbocycles. The second-order valence-corrected chi connectivity index (χ2v) is 3.56. The standard InChI is InChI=1S/C11H14NO.HI/c1-12-9-5-2-6-10(12)11(13)7-3-4-8-11;/h2-3,5-7,9,13H,4,8H2,1H3;1H/q+1;/p-1. The van der Waals surface area contributed by atoms with Crippen molar-refractivity contribution in [2.75, 3.05) is 0 Å². The summed E-state index contributed by atoms with van der Waals surface area (Å²) in [4.78, 5) is 0. The van der Waals surface area contributed by atoms with Crippen molar-refractivity contribution in [2.24, 2.45) is 7.05 Å². The van der Waals surface area contributed by atoms with Gasteiger partial charge in [-0.25, -0.2) is 4.57 Å². The molecule has 1 aliphatic rings. The average Bonchev–Trinajstić information content (AvgIpc) is 2.54. The molecule has 14 heavy (non-hydrogen) atoms. The van der Waals surface area contributed by atoms with Crippen LogP contribution in [-0.4, -0.2) is 5.11 Å². The van der Waals surface area contributed by atoms with Gasteiger partial charge in [-0.3, -0.25) is 0 Å². The third-order valence-corrected chi connectivity index (χ3v) is 2.58. The van der Waals surface area contributed by atoms with Gasteiger partial charge in [0.1, 0.15) is 7.05 Å². The van der Waals surface area contributed by atoms with Crippen molar-refractivity contribution in [1.29, 1.82) is 0 Å². The van der Waals surface area contributed by atoms with Crippen LogP contribution in [0.1, 0.15) is 18.5 Å². The Labute approximate surface area is 101 Å². The minimum atomic E-state index is -0.740. The zero-order chi connectivity index (χ0) is 9.31. The molecule has 1 heterocycles. The van der Waals surface area contributed by atoms with E-state index in [0.29, 0.717) is 0 Å². The number of halogens is 1. The van der Waals surface area contributed by atoms with Gasteiger partial charge in [0, 0.05) is 12.1 Å². The lowest BCUT2D eigenvalue weighted by Crippen LogP contribution is -3.00. The third-order valence-electron chi connectivity index (χ3n) is 2.58. The van der Waals surface area contributed by atoms with Crippen LogP contribution in [0.2, 0.25) is 0 Å². The fourth-order valence-electron chi connectivity index (χ4n) is 1.85. The molecule has 1 aliphatic carbocycles. The number of rotatable bonds is 1. The fourth-order valence-corrected chi connectivity index (χ4v) is 1.85. The highest BCUT2D eigenvalue weighted by molar-refractivity contribution is 5.19. The summed E-state index contributed by atoms with van der Waals surface area (Å²) < 4.78 is 1.97. The molecule has 0 bridgehead atoms. The van der Waals surface area contributed by atoms with Gasteiger partial charge < -0.3 is 29.1 Å². The van der Waals surface area contributed by atoms with Gasteiger partial charge in [0.25, 0.3) is 0 Å². The summed E-state index contributed by atoms with van der Waals surface area (Å²) in [6.07, 6.45) is 7.64. The molecule has 0 aromatic carbocycles. The first kappa shape index (κ1) is 11.7. The molecule has 2 rings (SSSR count). The Kier molecular flexibility index (Phi) is 3.66. The zero-order valence-corrected chi connectivity index (χ0v) is 10.3. The van der Waals surface area contributed by atoms with Crippen LogP contribution in [0.3, 0.4) is 0 Å². The highest BCUT2D eigenvalue weighted by Crippen LogP contribution is 2.30. The maximum absolute atomic E-state index is 10.2. The van der Waals surface area contributed by atoms with Gasteiger partial charge in [0.15, 0.2) is 11.8 Å². The molecule has 0 aliphatic heterocycles. The van der Waals surface area contributed by atoms with E-state index in [2.05, 4.69) is 0 Å². The van der Waals surface area contributed by atoms with E-state index in [-0.39, 0.29) is 24.0 Å². The summed E-state index contributed by atoms with van der Waals surface area (Å²) in [5, 5.41) is 10.2. The van der Waals surface area contributed by atoms with E-state index in [9.17, 15) is 5.11 Å². The van der Waals surface area contributed by atoms with Crippen LogP contribution in [0, 0.1) is 0 Å². The second-order valence-electron chi connectivity index (χ2n) is 3.56. The first-order chi connectivity index (χ1) is 6.22. The molecule has 1 aromatic heterocycles. The molecule has 0 spiro atoms. The number of pyridine rings is 1. The van der Waals surface area contributed by atoms with Crippen LogP contribution in [-0.2, 0) is 12.6 Å². The normalized spacial score (nSPS) is 24.7. The SMILES string of the molecule is C[n+]1ccccc1C1(O)C=CCC1.[I-]. The first-order valence-electron chi connectivity index (χ1n) is 4.58. The Balaban J connectivity index is 0.000000980. The van der Waals surface area contributed by atoms with Gasteiger partial charge >= 0.3 is 0 Å². The largest absolute Gasteiger partial charge is 1.00 e. The number of hydrogen-bond acceptors (Lipinski definition) is 1. The Morgan fingerprint density at radius 3 is 2.79 bits per heavy atom. The maximum Gasteiger partial charge on any atom is 0.217 e. The van der Waals surface area contributed by atoms with Gasteiger partial charge in [-0.05, 0) is 25.0 Å². The molecule has 0 fully saturated rings. The van der Waals surface area contributed by atoms with Crippen molar-refractivity contribution in [2.45, 2.75) is 18.4 Å². The smallest absolute Gasteiger partial charge is 0.217 e. The lowest BCUT2D eigenvalue weighted by atomic mass is 9.98. The molecular formula is C11H14INO. The molecular weight excluding hydrogens is 289 g/mol.